The second-order valence-corrected chi connectivity index (χ2v) is 4.09. The van der Waals surface area contributed by atoms with E-state index in [4.69, 9.17) is 5.73 Å². The van der Waals surface area contributed by atoms with Crippen LogP contribution in [0.5, 0.6) is 0 Å². The van der Waals surface area contributed by atoms with Crippen LogP contribution in [0.3, 0.4) is 0 Å². The van der Waals surface area contributed by atoms with E-state index in [0.29, 0.717) is 0 Å². The summed E-state index contributed by atoms with van der Waals surface area (Å²) in [7, 11) is 0. The third kappa shape index (κ3) is 2.10. The molecule has 0 saturated heterocycles. The average molecular weight is 265 g/mol. The van der Waals surface area contributed by atoms with Gasteiger partial charge >= 0.3 is 0 Å². The summed E-state index contributed by atoms with van der Waals surface area (Å²) in [6.45, 7) is 0. The summed E-state index contributed by atoms with van der Waals surface area (Å²) in [6, 6.07) is 5.92. The van der Waals surface area contributed by atoms with E-state index in [1.54, 1.807) is 6.08 Å². The Morgan fingerprint density at radius 1 is 1.47 bits per heavy atom. The van der Waals surface area contributed by atoms with Crippen LogP contribution < -0.4 is 5.73 Å². The molecule has 0 atom stereocenters. The molecule has 1 aromatic carbocycles. The molecule has 1 amide bonds. The molecule has 0 fully saturated rings. The molecule has 3 N–H and O–H groups in total. The number of rotatable bonds is 2. The van der Waals surface area contributed by atoms with Crippen LogP contribution in [0.2, 0.25) is 0 Å². The molecule has 4 heteroatoms. The number of aromatic amines is 1. The number of hydrogen-bond acceptors (Lipinski definition) is 1. The van der Waals surface area contributed by atoms with Crippen molar-refractivity contribution in [3.63, 3.8) is 0 Å². The van der Waals surface area contributed by atoms with Gasteiger partial charge in [-0.1, -0.05) is 22.0 Å². The number of halogens is 1. The van der Waals surface area contributed by atoms with E-state index < -0.39 is 5.91 Å². The monoisotopic (exact) mass is 264 g/mol. The van der Waals surface area contributed by atoms with Crippen molar-refractivity contribution in [3.05, 3.63) is 40.5 Å². The van der Waals surface area contributed by atoms with Crippen LogP contribution in [0, 0.1) is 0 Å². The molecule has 1 heterocycles. The highest BCUT2D eigenvalue weighted by atomic mass is 79.9. The molecule has 0 aliphatic carbocycles. The topological polar surface area (TPSA) is 58.9 Å². The van der Waals surface area contributed by atoms with E-state index in [1.807, 2.05) is 24.4 Å². The lowest BCUT2D eigenvalue weighted by Crippen LogP contribution is -2.04. The standard InChI is InChI=1S/C11H9BrN2O/c12-8-2-3-9-7(1-4-11(13)15)6-14-10(9)5-8/h1-6,14H,(H2,13,15). The zero-order valence-corrected chi connectivity index (χ0v) is 9.41. The van der Waals surface area contributed by atoms with E-state index in [-0.39, 0.29) is 0 Å². The highest BCUT2D eigenvalue weighted by molar-refractivity contribution is 9.10. The van der Waals surface area contributed by atoms with Gasteiger partial charge in [0, 0.05) is 27.6 Å². The van der Waals surface area contributed by atoms with Gasteiger partial charge in [-0.2, -0.15) is 0 Å². The van der Waals surface area contributed by atoms with Gasteiger partial charge < -0.3 is 10.7 Å². The van der Waals surface area contributed by atoms with E-state index in [2.05, 4.69) is 20.9 Å². The van der Waals surface area contributed by atoms with Crippen molar-refractivity contribution in [3.8, 4) is 0 Å². The molecule has 0 aliphatic heterocycles. The first-order valence-corrected chi connectivity index (χ1v) is 5.20. The zero-order valence-electron chi connectivity index (χ0n) is 7.83. The van der Waals surface area contributed by atoms with E-state index >= 15 is 0 Å². The molecule has 0 radical (unpaired) electrons. The average Bonchev–Trinajstić information content (AvgIpc) is 2.57. The van der Waals surface area contributed by atoms with Gasteiger partial charge in [-0.15, -0.1) is 0 Å². The molecule has 2 aromatic rings. The molecule has 2 rings (SSSR count). The van der Waals surface area contributed by atoms with E-state index in [0.717, 1.165) is 20.9 Å². The van der Waals surface area contributed by atoms with Gasteiger partial charge in [0.15, 0.2) is 0 Å². The Hall–Kier alpha value is -1.55. The van der Waals surface area contributed by atoms with Crippen LogP contribution in [-0.2, 0) is 4.79 Å². The Bertz CT molecular complexity index is 543. The molecule has 0 saturated carbocycles. The summed E-state index contributed by atoms with van der Waals surface area (Å²) < 4.78 is 1.02. The fourth-order valence-electron chi connectivity index (χ4n) is 1.43. The van der Waals surface area contributed by atoms with Crippen LogP contribution in [0.1, 0.15) is 5.56 Å². The lowest BCUT2D eigenvalue weighted by Gasteiger charge is -1.92. The van der Waals surface area contributed by atoms with Crippen molar-refractivity contribution >= 4 is 38.8 Å². The molecule has 1 aromatic heterocycles. The highest BCUT2D eigenvalue weighted by Gasteiger charge is 2.00. The summed E-state index contributed by atoms with van der Waals surface area (Å²) in [4.78, 5) is 13.7. The third-order valence-electron chi connectivity index (χ3n) is 2.10. The number of hydrogen-bond donors (Lipinski definition) is 2. The molecule has 0 aliphatic rings. The van der Waals surface area contributed by atoms with Crippen LogP contribution in [0.4, 0.5) is 0 Å². The first-order valence-electron chi connectivity index (χ1n) is 4.41. The Balaban J connectivity index is 2.50. The van der Waals surface area contributed by atoms with E-state index in [1.165, 1.54) is 6.08 Å². The number of nitrogens with two attached hydrogens (primary N) is 1. The number of H-pyrrole nitrogens is 1. The number of benzene rings is 1. The Morgan fingerprint density at radius 2 is 2.27 bits per heavy atom. The van der Waals surface area contributed by atoms with Crippen LogP contribution in [0.15, 0.2) is 34.9 Å². The predicted molar refractivity (Wildman–Crippen MR) is 64.2 cm³/mol. The van der Waals surface area contributed by atoms with Gasteiger partial charge in [0.05, 0.1) is 0 Å². The fourth-order valence-corrected chi connectivity index (χ4v) is 1.79. The minimum atomic E-state index is -0.443. The molecule has 3 nitrogen and oxygen atoms in total. The van der Waals surface area contributed by atoms with Crippen molar-refractivity contribution in [1.29, 1.82) is 0 Å². The summed E-state index contributed by atoms with van der Waals surface area (Å²) in [5, 5.41) is 1.07. The lowest BCUT2D eigenvalue weighted by molar-refractivity contribution is -0.113. The van der Waals surface area contributed by atoms with Gasteiger partial charge in [-0.25, -0.2) is 0 Å². The molecule has 15 heavy (non-hydrogen) atoms. The van der Waals surface area contributed by atoms with Crippen LogP contribution >= 0.6 is 15.9 Å². The van der Waals surface area contributed by atoms with Crippen molar-refractivity contribution in [1.82, 2.24) is 4.98 Å². The normalized spacial score (nSPS) is 11.3. The number of carbonyl (C=O) groups excluding carboxylic acids is 1. The first kappa shape index (κ1) is 9.98. The maximum atomic E-state index is 10.6. The summed E-state index contributed by atoms with van der Waals surface area (Å²) in [5.74, 6) is -0.443. The number of carbonyl (C=O) groups is 1. The molecule has 0 bridgehead atoms. The number of fused-ring (bicyclic) bond motifs is 1. The van der Waals surface area contributed by atoms with Gasteiger partial charge in [-0.3, -0.25) is 4.79 Å². The molecular formula is C11H9BrN2O. The number of primary amides is 1. The van der Waals surface area contributed by atoms with Crippen LogP contribution in [0.25, 0.3) is 17.0 Å². The Morgan fingerprint density at radius 3 is 3.00 bits per heavy atom. The minimum Gasteiger partial charge on any atom is -0.366 e. The first-order chi connectivity index (χ1) is 7.16. The van der Waals surface area contributed by atoms with Gasteiger partial charge in [-0.05, 0) is 23.8 Å². The predicted octanol–water partition coefficient (Wildman–Crippen LogP) is 2.43. The highest BCUT2D eigenvalue weighted by Crippen LogP contribution is 2.22. The molecule has 0 spiro atoms. The molecule has 0 unspecified atom stereocenters. The number of nitrogens with one attached hydrogen (secondary N) is 1. The fraction of sp³-hybridized carbons (Fsp3) is 0. The maximum Gasteiger partial charge on any atom is 0.241 e. The van der Waals surface area contributed by atoms with Crippen molar-refractivity contribution in [2.75, 3.05) is 0 Å². The molecular weight excluding hydrogens is 256 g/mol. The minimum absolute atomic E-state index is 0.443. The molecule has 76 valence electrons. The third-order valence-corrected chi connectivity index (χ3v) is 2.60. The quantitative estimate of drug-likeness (QED) is 0.805. The largest absolute Gasteiger partial charge is 0.366 e. The van der Waals surface area contributed by atoms with Crippen molar-refractivity contribution < 1.29 is 4.79 Å². The van der Waals surface area contributed by atoms with Crippen molar-refractivity contribution in [2.24, 2.45) is 5.73 Å². The lowest BCUT2D eigenvalue weighted by atomic mass is 10.1. The smallest absolute Gasteiger partial charge is 0.241 e. The summed E-state index contributed by atoms with van der Waals surface area (Å²) >= 11 is 3.39. The van der Waals surface area contributed by atoms with E-state index in [9.17, 15) is 4.79 Å². The Kier molecular flexibility index (Phi) is 2.60. The number of aromatic nitrogens is 1. The van der Waals surface area contributed by atoms with Crippen LogP contribution in [-0.4, -0.2) is 10.9 Å². The summed E-state index contributed by atoms with van der Waals surface area (Å²) in [5.41, 5.74) is 7.01. The zero-order chi connectivity index (χ0) is 10.8. The van der Waals surface area contributed by atoms with Gasteiger partial charge in [0.25, 0.3) is 0 Å². The van der Waals surface area contributed by atoms with Gasteiger partial charge in [0.2, 0.25) is 5.91 Å². The maximum absolute atomic E-state index is 10.6. The van der Waals surface area contributed by atoms with Gasteiger partial charge in [0.1, 0.15) is 0 Å². The number of amides is 1. The Labute approximate surface area is 95.1 Å². The SMILES string of the molecule is NC(=O)C=Cc1c[nH]c2cc(Br)ccc12. The van der Waals surface area contributed by atoms with Crippen molar-refractivity contribution in [2.45, 2.75) is 0 Å². The summed E-state index contributed by atoms with van der Waals surface area (Å²) in [6.07, 6.45) is 4.90. The second-order valence-electron chi connectivity index (χ2n) is 3.17. The second kappa shape index (κ2) is 3.90.